The van der Waals surface area contributed by atoms with E-state index in [-0.39, 0.29) is 35.0 Å². The minimum absolute atomic E-state index is 0.000745. The molecule has 0 aromatic heterocycles. The molecule has 0 radical (unpaired) electrons. The van der Waals surface area contributed by atoms with Gasteiger partial charge in [0.2, 0.25) is 11.8 Å². The van der Waals surface area contributed by atoms with Crippen molar-refractivity contribution < 1.29 is 14.3 Å². The third kappa shape index (κ3) is 2.96. The van der Waals surface area contributed by atoms with Gasteiger partial charge in [-0.05, 0) is 108 Å². The van der Waals surface area contributed by atoms with Crippen molar-refractivity contribution >= 4 is 23.1 Å². The van der Waals surface area contributed by atoms with Crippen LogP contribution in [0.3, 0.4) is 0 Å². The standard InChI is InChI=1S/C33H37NO3/c1-32(2)20-14-15-33(32,3)27(17-20)25-18-26-29(31(36)34(30(26)35)21-8-6-5-7-9-21)24-12-10-19-16-22(37-4)11-13-23(19)28(24)25/h5-9,11,13,16,20,24,26-27,29H,10,12,14-15,17-18H2,1-4H3/t20-,24-,26-,27-,29+,33+/m0/s1. The first-order valence-corrected chi connectivity index (χ1v) is 14.1. The summed E-state index contributed by atoms with van der Waals surface area (Å²) in [7, 11) is 1.72. The van der Waals surface area contributed by atoms with Gasteiger partial charge < -0.3 is 4.74 Å². The number of methoxy groups -OCH3 is 1. The van der Waals surface area contributed by atoms with Gasteiger partial charge in [0.05, 0.1) is 24.6 Å². The van der Waals surface area contributed by atoms with Gasteiger partial charge >= 0.3 is 0 Å². The van der Waals surface area contributed by atoms with Crippen LogP contribution in [-0.2, 0) is 16.0 Å². The van der Waals surface area contributed by atoms with Gasteiger partial charge in [-0.15, -0.1) is 0 Å². The zero-order chi connectivity index (χ0) is 25.7. The van der Waals surface area contributed by atoms with E-state index in [1.54, 1.807) is 7.11 Å². The number of hydrogen-bond acceptors (Lipinski definition) is 3. The number of fused-ring (bicyclic) bond motifs is 7. The van der Waals surface area contributed by atoms with Crippen LogP contribution in [0.25, 0.3) is 5.57 Å². The van der Waals surface area contributed by atoms with Crippen molar-refractivity contribution in [2.45, 2.75) is 59.3 Å². The lowest BCUT2D eigenvalue weighted by molar-refractivity contribution is -0.122. The normalized spacial score (nSPS) is 35.5. The summed E-state index contributed by atoms with van der Waals surface area (Å²) in [5.74, 6) is 1.69. The zero-order valence-electron chi connectivity index (χ0n) is 22.4. The summed E-state index contributed by atoms with van der Waals surface area (Å²) >= 11 is 0. The average molecular weight is 496 g/mol. The number of nitrogens with zero attached hydrogens (tertiary/aromatic N) is 1. The highest BCUT2D eigenvalue weighted by molar-refractivity contribution is 6.23. The summed E-state index contributed by atoms with van der Waals surface area (Å²) in [5.41, 5.74) is 6.75. The minimum Gasteiger partial charge on any atom is -0.497 e. The monoisotopic (exact) mass is 495 g/mol. The molecule has 2 aromatic rings. The lowest BCUT2D eigenvalue weighted by atomic mass is 9.57. The molecule has 3 fully saturated rings. The van der Waals surface area contributed by atoms with Crippen molar-refractivity contribution in [1.82, 2.24) is 0 Å². The smallest absolute Gasteiger partial charge is 0.238 e. The molecule has 1 aliphatic heterocycles. The molecule has 4 nitrogen and oxygen atoms in total. The molecule has 0 spiro atoms. The van der Waals surface area contributed by atoms with E-state index < -0.39 is 0 Å². The molecule has 2 saturated carbocycles. The maximum Gasteiger partial charge on any atom is 0.238 e. The fourth-order valence-electron chi connectivity index (χ4n) is 9.25. The van der Waals surface area contributed by atoms with Gasteiger partial charge in [-0.2, -0.15) is 0 Å². The van der Waals surface area contributed by atoms with Crippen LogP contribution in [0.5, 0.6) is 5.75 Å². The summed E-state index contributed by atoms with van der Waals surface area (Å²) < 4.78 is 5.57. The second kappa shape index (κ2) is 7.82. The van der Waals surface area contributed by atoms with Crippen molar-refractivity contribution in [3.63, 3.8) is 0 Å². The Hall–Kier alpha value is -2.88. The van der Waals surface area contributed by atoms with E-state index in [1.807, 2.05) is 30.3 Å². The third-order valence-corrected chi connectivity index (χ3v) is 11.6. The Labute approximate surface area is 220 Å². The van der Waals surface area contributed by atoms with Gasteiger partial charge in [0.25, 0.3) is 0 Å². The summed E-state index contributed by atoms with van der Waals surface area (Å²) in [6.45, 7) is 7.45. The Morgan fingerprint density at radius 1 is 0.946 bits per heavy atom. The molecule has 0 unspecified atom stereocenters. The second-order valence-corrected chi connectivity index (χ2v) is 13.0. The molecule has 4 aliphatic carbocycles. The maximum atomic E-state index is 14.0. The lowest BCUT2D eigenvalue weighted by Gasteiger charge is -2.46. The Kier molecular flexibility index (Phi) is 4.91. The van der Waals surface area contributed by atoms with Crippen LogP contribution in [-0.4, -0.2) is 18.9 Å². The Morgan fingerprint density at radius 2 is 1.73 bits per heavy atom. The SMILES string of the molecule is COc1ccc2c(c1)CC[C@H]1C2=C([C@@H]2C[C@@H]3CC[C@@]2(C)C3(C)C)C[C@@H]2C(=O)N(c3ccccc3)C(=O)[C@@H]21. The number of rotatable bonds is 3. The largest absolute Gasteiger partial charge is 0.497 e. The van der Waals surface area contributed by atoms with Crippen molar-refractivity contribution in [2.24, 2.45) is 40.4 Å². The number of benzene rings is 2. The summed E-state index contributed by atoms with van der Waals surface area (Å²) in [4.78, 5) is 29.5. The van der Waals surface area contributed by atoms with Crippen molar-refractivity contribution in [2.75, 3.05) is 12.0 Å². The predicted octanol–water partition coefficient (Wildman–Crippen LogP) is 6.68. The summed E-state index contributed by atoms with van der Waals surface area (Å²) in [5, 5.41) is 0. The first kappa shape index (κ1) is 23.3. The van der Waals surface area contributed by atoms with Gasteiger partial charge in [-0.25, -0.2) is 0 Å². The van der Waals surface area contributed by atoms with Crippen molar-refractivity contribution in [1.29, 1.82) is 0 Å². The van der Waals surface area contributed by atoms with Gasteiger partial charge in [0, 0.05) is 0 Å². The molecular formula is C33H37NO3. The van der Waals surface area contributed by atoms with Crippen molar-refractivity contribution in [3.05, 3.63) is 65.2 Å². The van der Waals surface area contributed by atoms with Crippen LogP contribution < -0.4 is 9.64 Å². The number of carbonyl (C=O) groups excluding carboxylic acids is 2. The first-order valence-electron chi connectivity index (χ1n) is 14.1. The highest BCUT2D eigenvalue weighted by atomic mass is 16.5. The zero-order valence-corrected chi connectivity index (χ0v) is 22.4. The van der Waals surface area contributed by atoms with E-state index in [9.17, 15) is 9.59 Å². The van der Waals surface area contributed by atoms with Gasteiger partial charge in [0.1, 0.15) is 5.75 Å². The molecule has 2 amide bonds. The molecule has 2 aromatic carbocycles. The number of para-hydroxylation sites is 1. The molecule has 4 heteroatoms. The van der Waals surface area contributed by atoms with E-state index >= 15 is 0 Å². The van der Waals surface area contributed by atoms with Crippen LogP contribution in [0, 0.1) is 40.4 Å². The highest BCUT2D eigenvalue weighted by Crippen LogP contribution is 2.71. The lowest BCUT2D eigenvalue weighted by Crippen LogP contribution is -2.39. The van der Waals surface area contributed by atoms with Crippen molar-refractivity contribution in [3.8, 4) is 5.75 Å². The Morgan fingerprint density at radius 3 is 2.41 bits per heavy atom. The van der Waals surface area contributed by atoms with E-state index in [2.05, 4.69) is 39.0 Å². The summed E-state index contributed by atoms with van der Waals surface area (Å²) in [6, 6.07) is 16.0. The van der Waals surface area contributed by atoms with Crippen LogP contribution in [0.15, 0.2) is 54.1 Å². The molecule has 37 heavy (non-hydrogen) atoms. The molecule has 5 aliphatic rings. The fourth-order valence-corrected chi connectivity index (χ4v) is 9.25. The molecule has 1 heterocycles. The molecule has 192 valence electrons. The summed E-state index contributed by atoms with van der Waals surface area (Å²) in [6.07, 6.45) is 6.33. The van der Waals surface area contributed by atoms with E-state index in [0.717, 1.165) is 30.9 Å². The Balaban J connectivity index is 1.39. The number of aryl methyl sites for hydroxylation is 1. The van der Waals surface area contributed by atoms with Gasteiger partial charge in [0.15, 0.2) is 0 Å². The first-order chi connectivity index (χ1) is 17.8. The minimum atomic E-state index is -0.263. The Bertz CT molecular complexity index is 1340. The van der Waals surface area contributed by atoms with Crippen LogP contribution in [0.4, 0.5) is 5.69 Å². The van der Waals surface area contributed by atoms with Crippen LogP contribution >= 0.6 is 0 Å². The van der Waals surface area contributed by atoms with E-state index in [4.69, 9.17) is 4.74 Å². The number of imide groups is 1. The van der Waals surface area contributed by atoms with Gasteiger partial charge in [-0.1, -0.05) is 50.6 Å². The quantitative estimate of drug-likeness (QED) is 0.446. The highest BCUT2D eigenvalue weighted by Gasteiger charge is 2.64. The number of allylic oxidation sites excluding steroid dienone is 2. The molecule has 7 rings (SSSR count). The molecule has 0 N–H and O–H groups in total. The molecule has 1 saturated heterocycles. The number of carbonyl (C=O) groups is 2. The maximum absolute atomic E-state index is 14.0. The molecular weight excluding hydrogens is 458 g/mol. The predicted molar refractivity (Wildman–Crippen MR) is 145 cm³/mol. The number of anilines is 1. The van der Waals surface area contributed by atoms with Crippen LogP contribution in [0.1, 0.15) is 64.0 Å². The second-order valence-electron chi connectivity index (χ2n) is 13.0. The van der Waals surface area contributed by atoms with Gasteiger partial charge in [-0.3, -0.25) is 14.5 Å². The van der Waals surface area contributed by atoms with E-state index in [0.29, 0.717) is 17.0 Å². The number of ether oxygens (including phenoxy) is 1. The third-order valence-electron chi connectivity index (χ3n) is 11.6. The number of amides is 2. The topological polar surface area (TPSA) is 46.6 Å². The molecule has 6 atom stereocenters. The van der Waals surface area contributed by atoms with E-state index in [1.165, 1.54) is 46.4 Å². The molecule has 2 bridgehead atoms. The average Bonchev–Trinajstić information content (AvgIpc) is 3.38. The number of hydrogen-bond donors (Lipinski definition) is 0. The van der Waals surface area contributed by atoms with Crippen LogP contribution in [0.2, 0.25) is 0 Å². The fraction of sp³-hybridized carbons (Fsp3) is 0.515.